The lowest BCUT2D eigenvalue weighted by Crippen LogP contribution is -2.17. The molecule has 1 atom stereocenters. The van der Waals surface area contributed by atoms with E-state index >= 15 is 0 Å². The van der Waals surface area contributed by atoms with Gasteiger partial charge in [0.1, 0.15) is 11.5 Å². The molecule has 0 amide bonds. The molecule has 0 aromatic heterocycles. The maximum absolute atomic E-state index is 12.0. The van der Waals surface area contributed by atoms with Crippen LogP contribution in [-0.4, -0.2) is 12.1 Å². The second kappa shape index (κ2) is 6.59. The molecular formula is C14H17F3O2. The van der Waals surface area contributed by atoms with Gasteiger partial charge in [0, 0.05) is 12.3 Å². The molecule has 0 aliphatic heterocycles. The van der Waals surface area contributed by atoms with Crippen molar-refractivity contribution in [2.24, 2.45) is 5.92 Å². The molecule has 1 aromatic carbocycles. The van der Waals surface area contributed by atoms with Crippen molar-refractivity contribution in [1.29, 1.82) is 0 Å². The minimum absolute atomic E-state index is 0.0175. The average Bonchev–Trinajstić information content (AvgIpc) is 2.30. The Morgan fingerprint density at radius 3 is 2.32 bits per heavy atom. The van der Waals surface area contributed by atoms with E-state index < -0.39 is 6.36 Å². The third kappa shape index (κ3) is 5.77. The third-order valence-corrected chi connectivity index (χ3v) is 2.81. The molecule has 5 heteroatoms. The van der Waals surface area contributed by atoms with Gasteiger partial charge in [-0.2, -0.15) is 0 Å². The fraction of sp³-hybridized carbons (Fsp3) is 0.500. The van der Waals surface area contributed by atoms with Crippen LogP contribution in [0.4, 0.5) is 13.2 Å². The van der Waals surface area contributed by atoms with E-state index in [4.69, 9.17) is 0 Å². The Kier molecular flexibility index (Phi) is 5.39. The minimum Gasteiger partial charge on any atom is -0.406 e. The van der Waals surface area contributed by atoms with Crippen LogP contribution in [0, 0.1) is 5.92 Å². The second-order valence-electron chi connectivity index (χ2n) is 4.52. The predicted octanol–water partition coefficient (Wildman–Crippen LogP) is 4.13. The quantitative estimate of drug-likeness (QED) is 0.779. The summed E-state index contributed by atoms with van der Waals surface area (Å²) in [4.78, 5) is 11.8. The summed E-state index contributed by atoms with van der Waals surface area (Å²) in [7, 11) is 0. The highest BCUT2D eigenvalue weighted by Gasteiger charge is 2.30. The van der Waals surface area contributed by atoms with Gasteiger partial charge in [0.05, 0.1) is 0 Å². The van der Waals surface area contributed by atoms with Crippen LogP contribution in [0.2, 0.25) is 0 Å². The fourth-order valence-electron chi connectivity index (χ4n) is 1.78. The molecule has 2 nitrogen and oxygen atoms in total. The molecule has 0 spiro atoms. The van der Waals surface area contributed by atoms with Crippen LogP contribution < -0.4 is 4.74 Å². The Hall–Kier alpha value is -1.52. The van der Waals surface area contributed by atoms with Gasteiger partial charge < -0.3 is 4.74 Å². The van der Waals surface area contributed by atoms with Crippen molar-refractivity contribution in [2.45, 2.75) is 39.5 Å². The number of hydrogen-bond donors (Lipinski definition) is 0. The van der Waals surface area contributed by atoms with Gasteiger partial charge in [-0.15, -0.1) is 13.2 Å². The standard InChI is InChI=1S/C14H17F3O2/c1-3-4-10(2)13(18)9-11-5-7-12(8-6-11)19-14(15,16)17/h5-8,10H,3-4,9H2,1-2H3. The molecule has 1 rings (SSSR count). The fourth-order valence-corrected chi connectivity index (χ4v) is 1.78. The largest absolute Gasteiger partial charge is 0.573 e. The zero-order valence-corrected chi connectivity index (χ0v) is 11.0. The van der Waals surface area contributed by atoms with Gasteiger partial charge in [0.15, 0.2) is 0 Å². The van der Waals surface area contributed by atoms with Crippen LogP contribution >= 0.6 is 0 Å². The zero-order valence-electron chi connectivity index (χ0n) is 11.0. The van der Waals surface area contributed by atoms with Crippen molar-refractivity contribution in [3.63, 3.8) is 0 Å². The van der Waals surface area contributed by atoms with E-state index in [-0.39, 0.29) is 23.9 Å². The molecule has 1 aromatic rings. The van der Waals surface area contributed by atoms with Gasteiger partial charge in [0.25, 0.3) is 0 Å². The van der Waals surface area contributed by atoms with Crippen molar-refractivity contribution in [3.8, 4) is 5.75 Å². The van der Waals surface area contributed by atoms with Crippen LogP contribution in [0.3, 0.4) is 0 Å². The summed E-state index contributed by atoms with van der Waals surface area (Å²) >= 11 is 0. The third-order valence-electron chi connectivity index (χ3n) is 2.81. The number of ketones is 1. The first kappa shape index (κ1) is 15.5. The van der Waals surface area contributed by atoms with Crippen LogP contribution in [0.25, 0.3) is 0 Å². The van der Waals surface area contributed by atoms with Crippen molar-refractivity contribution < 1.29 is 22.7 Å². The van der Waals surface area contributed by atoms with Gasteiger partial charge in [-0.3, -0.25) is 4.79 Å². The molecule has 0 aliphatic carbocycles. The summed E-state index contributed by atoms with van der Waals surface area (Å²) in [5.41, 5.74) is 0.697. The van der Waals surface area contributed by atoms with Crippen LogP contribution in [-0.2, 0) is 11.2 Å². The molecule has 0 bridgehead atoms. The van der Waals surface area contributed by atoms with Crippen molar-refractivity contribution >= 4 is 5.78 Å². The molecule has 0 saturated carbocycles. The lowest BCUT2D eigenvalue weighted by atomic mass is 9.96. The molecule has 19 heavy (non-hydrogen) atoms. The van der Waals surface area contributed by atoms with E-state index in [1.54, 1.807) is 0 Å². The smallest absolute Gasteiger partial charge is 0.406 e. The van der Waals surface area contributed by atoms with E-state index in [1.807, 2.05) is 13.8 Å². The first-order valence-electron chi connectivity index (χ1n) is 6.19. The highest BCUT2D eigenvalue weighted by molar-refractivity contribution is 5.82. The van der Waals surface area contributed by atoms with Crippen molar-refractivity contribution in [1.82, 2.24) is 0 Å². The summed E-state index contributed by atoms with van der Waals surface area (Å²) in [5.74, 6) is -0.187. The zero-order chi connectivity index (χ0) is 14.5. The number of carbonyl (C=O) groups is 1. The average molecular weight is 274 g/mol. The normalized spacial score (nSPS) is 13.1. The van der Waals surface area contributed by atoms with Gasteiger partial charge in [0.2, 0.25) is 0 Å². The monoisotopic (exact) mass is 274 g/mol. The molecule has 0 N–H and O–H groups in total. The number of alkyl halides is 3. The Morgan fingerprint density at radius 2 is 1.84 bits per heavy atom. The number of hydrogen-bond acceptors (Lipinski definition) is 2. The summed E-state index contributed by atoms with van der Waals surface area (Å²) < 4.78 is 39.7. The molecule has 0 aliphatic rings. The van der Waals surface area contributed by atoms with Gasteiger partial charge in [-0.1, -0.05) is 32.4 Å². The van der Waals surface area contributed by atoms with Gasteiger partial charge in [-0.25, -0.2) is 0 Å². The first-order chi connectivity index (χ1) is 8.81. The number of rotatable bonds is 6. The van der Waals surface area contributed by atoms with Gasteiger partial charge in [-0.05, 0) is 24.1 Å². The van der Waals surface area contributed by atoms with Crippen LogP contribution in [0.5, 0.6) is 5.75 Å². The van der Waals surface area contributed by atoms with Crippen LogP contribution in [0.1, 0.15) is 32.3 Å². The molecule has 0 radical (unpaired) electrons. The Morgan fingerprint density at radius 1 is 1.26 bits per heavy atom. The van der Waals surface area contributed by atoms with Crippen LogP contribution in [0.15, 0.2) is 24.3 Å². The summed E-state index contributed by atoms with van der Waals surface area (Å²) in [5, 5.41) is 0. The molecule has 106 valence electrons. The van der Waals surface area contributed by atoms with Crippen molar-refractivity contribution in [2.75, 3.05) is 0 Å². The second-order valence-corrected chi connectivity index (χ2v) is 4.52. The number of halogens is 3. The minimum atomic E-state index is -4.69. The van der Waals surface area contributed by atoms with E-state index in [1.165, 1.54) is 24.3 Å². The first-order valence-corrected chi connectivity index (χ1v) is 6.19. The van der Waals surface area contributed by atoms with Crippen molar-refractivity contribution in [3.05, 3.63) is 29.8 Å². The molecule has 0 fully saturated rings. The van der Waals surface area contributed by atoms with E-state index in [0.29, 0.717) is 5.56 Å². The lowest BCUT2D eigenvalue weighted by molar-refractivity contribution is -0.274. The molecular weight excluding hydrogens is 257 g/mol. The molecule has 0 heterocycles. The summed E-state index contributed by atoms with van der Waals surface area (Å²) in [6.07, 6.45) is -2.68. The van der Waals surface area contributed by atoms with E-state index in [2.05, 4.69) is 4.74 Å². The summed E-state index contributed by atoms with van der Waals surface area (Å²) in [6, 6.07) is 5.41. The Balaban J connectivity index is 2.59. The SMILES string of the molecule is CCCC(C)C(=O)Cc1ccc(OC(F)(F)F)cc1. The lowest BCUT2D eigenvalue weighted by Gasteiger charge is -2.11. The Bertz CT molecular complexity index is 410. The number of carbonyl (C=O) groups excluding carboxylic acids is 1. The number of Topliss-reactive ketones (excluding diaryl/α,β-unsaturated/α-hetero) is 1. The van der Waals surface area contributed by atoms with E-state index in [0.717, 1.165) is 12.8 Å². The molecule has 1 unspecified atom stereocenters. The Labute approximate surface area is 110 Å². The molecule has 0 saturated heterocycles. The predicted molar refractivity (Wildman–Crippen MR) is 65.9 cm³/mol. The maximum atomic E-state index is 12.0. The summed E-state index contributed by atoms with van der Waals surface area (Å²) in [6.45, 7) is 3.88. The number of benzene rings is 1. The van der Waals surface area contributed by atoms with E-state index in [9.17, 15) is 18.0 Å². The maximum Gasteiger partial charge on any atom is 0.573 e. The van der Waals surface area contributed by atoms with Gasteiger partial charge >= 0.3 is 6.36 Å². The highest BCUT2D eigenvalue weighted by Crippen LogP contribution is 2.23. The topological polar surface area (TPSA) is 26.3 Å². The highest BCUT2D eigenvalue weighted by atomic mass is 19.4. The number of ether oxygens (including phenoxy) is 1.